The first-order chi connectivity index (χ1) is 15.9. The number of amides is 1. The van der Waals surface area contributed by atoms with Crippen molar-refractivity contribution in [2.24, 2.45) is 0 Å². The molecule has 0 unspecified atom stereocenters. The van der Waals surface area contributed by atoms with Gasteiger partial charge in [-0.25, -0.2) is 0 Å². The maximum atomic E-state index is 13.6. The van der Waals surface area contributed by atoms with Crippen molar-refractivity contribution in [3.05, 3.63) is 45.4 Å². The molecular weight excluding hydrogens is 469 g/mol. The van der Waals surface area contributed by atoms with E-state index in [4.69, 9.17) is 46.9 Å². The molecule has 1 heterocycles. The van der Waals surface area contributed by atoms with E-state index in [1.54, 1.807) is 38.4 Å². The second kappa shape index (κ2) is 11.7. The Morgan fingerprint density at radius 3 is 2.15 bits per heavy atom. The summed E-state index contributed by atoms with van der Waals surface area (Å²) in [5, 5.41) is 0.579. The number of hydrogen-bond donors (Lipinski definition) is 0. The number of nitrogens with zero attached hydrogens (tertiary/aromatic N) is 1. The summed E-state index contributed by atoms with van der Waals surface area (Å²) in [6.45, 7) is 3.68. The molecule has 0 bridgehead atoms. The molecule has 2 aromatic rings. The predicted octanol–water partition coefficient (Wildman–Crippen LogP) is 5.24. The number of hydrogen-bond acceptors (Lipinski definition) is 6. The molecule has 0 spiro atoms. The molecule has 2 aromatic carbocycles. The molecule has 0 aliphatic carbocycles. The maximum absolute atomic E-state index is 13.6. The lowest BCUT2D eigenvalue weighted by molar-refractivity contribution is 0.0507. The highest BCUT2D eigenvalue weighted by Gasteiger charge is 2.26. The van der Waals surface area contributed by atoms with E-state index < -0.39 is 0 Å². The second-order valence-corrected chi connectivity index (χ2v) is 8.37. The molecule has 1 fully saturated rings. The van der Waals surface area contributed by atoms with Crippen LogP contribution in [0.15, 0.2) is 24.3 Å². The van der Waals surface area contributed by atoms with Gasteiger partial charge >= 0.3 is 0 Å². The lowest BCUT2D eigenvalue weighted by atomic mass is 10.1. The molecule has 0 aromatic heterocycles. The van der Waals surface area contributed by atoms with Gasteiger partial charge in [0, 0.05) is 25.3 Å². The first-order valence-corrected chi connectivity index (χ1v) is 11.5. The minimum absolute atomic E-state index is 0.0374. The Morgan fingerprint density at radius 2 is 1.67 bits per heavy atom. The van der Waals surface area contributed by atoms with Gasteiger partial charge in [0.15, 0.2) is 17.2 Å². The van der Waals surface area contributed by atoms with Crippen molar-refractivity contribution in [2.75, 3.05) is 41.1 Å². The maximum Gasteiger partial charge on any atom is 0.254 e. The van der Waals surface area contributed by atoms with Crippen molar-refractivity contribution in [2.45, 2.75) is 32.4 Å². The van der Waals surface area contributed by atoms with Crippen LogP contribution in [0, 0.1) is 0 Å². The van der Waals surface area contributed by atoms with E-state index in [2.05, 4.69) is 0 Å². The summed E-state index contributed by atoms with van der Waals surface area (Å²) < 4.78 is 27.6. The van der Waals surface area contributed by atoms with Crippen molar-refractivity contribution >= 4 is 29.1 Å². The summed E-state index contributed by atoms with van der Waals surface area (Å²) >= 11 is 12.7. The average Bonchev–Trinajstić information content (AvgIpc) is 3.32. The molecule has 1 aliphatic rings. The Balaban J connectivity index is 1.95. The van der Waals surface area contributed by atoms with E-state index in [1.807, 2.05) is 19.1 Å². The van der Waals surface area contributed by atoms with Gasteiger partial charge in [-0.15, -0.1) is 0 Å². The third-order valence-corrected chi connectivity index (χ3v) is 5.93. The Hall–Kier alpha value is -2.35. The van der Waals surface area contributed by atoms with Gasteiger partial charge in [0.1, 0.15) is 0 Å². The molecule has 1 saturated heterocycles. The quantitative estimate of drug-likeness (QED) is 0.447. The van der Waals surface area contributed by atoms with Crippen LogP contribution in [0.25, 0.3) is 0 Å². The van der Waals surface area contributed by atoms with E-state index in [-0.39, 0.29) is 22.1 Å². The molecule has 0 saturated carbocycles. The zero-order chi connectivity index (χ0) is 24.0. The SMILES string of the molecule is CCOc1c(Cl)cc(C(=O)N(Cc2cc(OC)c(OC)c(OC)c2)C[C@@H]2CCCO2)cc1Cl. The summed E-state index contributed by atoms with van der Waals surface area (Å²) in [6.07, 6.45) is 1.83. The number of methoxy groups -OCH3 is 3. The molecule has 9 heteroatoms. The van der Waals surface area contributed by atoms with E-state index in [9.17, 15) is 4.79 Å². The highest BCUT2D eigenvalue weighted by molar-refractivity contribution is 6.37. The van der Waals surface area contributed by atoms with Crippen LogP contribution in [0.2, 0.25) is 10.0 Å². The molecule has 180 valence electrons. The number of carbonyl (C=O) groups is 1. The minimum atomic E-state index is -0.217. The van der Waals surface area contributed by atoms with E-state index in [0.29, 0.717) is 54.9 Å². The topological polar surface area (TPSA) is 66.5 Å². The number of rotatable bonds is 10. The molecule has 33 heavy (non-hydrogen) atoms. The van der Waals surface area contributed by atoms with Crippen LogP contribution in [-0.2, 0) is 11.3 Å². The third kappa shape index (κ3) is 5.96. The van der Waals surface area contributed by atoms with Crippen molar-refractivity contribution in [1.82, 2.24) is 4.90 Å². The number of ether oxygens (including phenoxy) is 5. The van der Waals surface area contributed by atoms with Gasteiger partial charge in [0.25, 0.3) is 5.91 Å². The Labute approximate surface area is 204 Å². The van der Waals surface area contributed by atoms with Crippen LogP contribution in [0.1, 0.15) is 35.7 Å². The van der Waals surface area contributed by atoms with E-state index in [1.165, 1.54) is 0 Å². The molecule has 1 atom stereocenters. The van der Waals surface area contributed by atoms with Crippen LogP contribution in [0.3, 0.4) is 0 Å². The number of benzene rings is 2. The van der Waals surface area contributed by atoms with Crippen molar-refractivity contribution < 1.29 is 28.5 Å². The van der Waals surface area contributed by atoms with Crippen LogP contribution in [-0.4, -0.2) is 58.0 Å². The fourth-order valence-corrected chi connectivity index (χ4v) is 4.44. The minimum Gasteiger partial charge on any atom is -0.493 e. The number of carbonyl (C=O) groups excluding carboxylic acids is 1. The lowest BCUT2D eigenvalue weighted by Crippen LogP contribution is -2.37. The van der Waals surface area contributed by atoms with Gasteiger partial charge in [0.2, 0.25) is 5.75 Å². The first kappa shape index (κ1) is 25.3. The van der Waals surface area contributed by atoms with Crippen LogP contribution < -0.4 is 18.9 Å². The third-order valence-electron chi connectivity index (χ3n) is 5.37. The molecular formula is C24H29Cl2NO6. The van der Waals surface area contributed by atoms with Gasteiger partial charge < -0.3 is 28.6 Å². The summed E-state index contributed by atoms with van der Waals surface area (Å²) in [5.74, 6) is 1.68. The normalized spacial score (nSPS) is 15.3. The summed E-state index contributed by atoms with van der Waals surface area (Å²) in [5.41, 5.74) is 1.19. The van der Waals surface area contributed by atoms with Crippen LogP contribution >= 0.6 is 23.2 Å². The molecule has 1 aliphatic heterocycles. The van der Waals surface area contributed by atoms with Crippen LogP contribution in [0.4, 0.5) is 0 Å². The fraction of sp³-hybridized carbons (Fsp3) is 0.458. The predicted molar refractivity (Wildman–Crippen MR) is 127 cm³/mol. The highest BCUT2D eigenvalue weighted by atomic mass is 35.5. The van der Waals surface area contributed by atoms with Gasteiger partial charge in [0.05, 0.1) is 44.1 Å². The summed E-state index contributed by atoms with van der Waals surface area (Å²) in [6, 6.07) is 6.82. The zero-order valence-corrected chi connectivity index (χ0v) is 20.8. The van der Waals surface area contributed by atoms with Crippen LogP contribution in [0.5, 0.6) is 23.0 Å². The molecule has 7 nitrogen and oxygen atoms in total. The van der Waals surface area contributed by atoms with Crippen molar-refractivity contribution in [3.8, 4) is 23.0 Å². The van der Waals surface area contributed by atoms with Crippen molar-refractivity contribution in [1.29, 1.82) is 0 Å². The molecule has 1 amide bonds. The van der Waals surface area contributed by atoms with Gasteiger partial charge in [-0.3, -0.25) is 4.79 Å². The standard InChI is InChI=1S/C24H29Cl2NO6/c1-5-32-22-18(25)11-16(12-19(22)26)24(28)27(14-17-7-6-8-33-17)13-15-9-20(29-2)23(31-4)21(10-15)30-3/h9-12,17H,5-8,13-14H2,1-4H3/t17-/m0/s1. The smallest absolute Gasteiger partial charge is 0.254 e. The average molecular weight is 498 g/mol. The van der Waals surface area contributed by atoms with E-state index in [0.717, 1.165) is 18.4 Å². The first-order valence-electron chi connectivity index (χ1n) is 10.7. The summed E-state index contributed by atoms with van der Waals surface area (Å²) in [7, 11) is 4.66. The second-order valence-electron chi connectivity index (χ2n) is 7.56. The fourth-order valence-electron chi connectivity index (χ4n) is 3.85. The monoisotopic (exact) mass is 497 g/mol. The Bertz CT molecular complexity index is 929. The largest absolute Gasteiger partial charge is 0.493 e. The lowest BCUT2D eigenvalue weighted by Gasteiger charge is -2.27. The molecule has 0 radical (unpaired) electrons. The van der Waals surface area contributed by atoms with Gasteiger partial charge in [-0.05, 0) is 49.6 Å². The van der Waals surface area contributed by atoms with Gasteiger partial charge in [-0.2, -0.15) is 0 Å². The van der Waals surface area contributed by atoms with E-state index >= 15 is 0 Å². The Morgan fingerprint density at radius 1 is 1.03 bits per heavy atom. The summed E-state index contributed by atoms with van der Waals surface area (Å²) in [4.78, 5) is 15.3. The van der Waals surface area contributed by atoms with Crippen molar-refractivity contribution in [3.63, 3.8) is 0 Å². The highest BCUT2D eigenvalue weighted by Crippen LogP contribution is 2.39. The number of halogens is 2. The van der Waals surface area contributed by atoms with Gasteiger partial charge in [-0.1, -0.05) is 23.2 Å². The molecule has 0 N–H and O–H groups in total. The molecule has 3 rings (SSSR count). The zero-order valence-electron chi connectivity index (χ0n) is 19.3. The Kier molecular flexibility index (Phi) is 8.95.